The highest BCUT2D eigenvalue weighted by atomic mass is 19.4. The number of alkyl halides is 16. The van der Waals surface area contributed by atoms with Crippen LogP contribution < -0.4 is 0 Å². The molecule has 0 aliphatic carbocycles. The van der Waals surface area contributed by atoms with Gasteiger partial charge in [-0.05, 0) is 30.5 Å². The molecule has 0 radical (unpaired) electrons. The van der Waals surface area contributed by atoms with E-state index in [0.29, 0.717) is 18.4 Å². The van der Waals surface area contributed by atoms with E-state index >= 15 is 0 Å². The van der Waals surface area contributed by atoms with E-state index in [0.717, 1.165) is 25.0 Å². The van der Waals surface area contributed by atoms with Crippen molar-refractivity contribution in [3.05, 3.63) is 35.4 Å². The predicted octanol–water partition coefficient (Wildman–Crippen LogP) is 8.29. The molecule has 39 heavy (non-hydrogen) atoms. The maximum Gasteiger partial charge on any atom is 0.385 e. The van der Waals surface area contributed by atoms with Crippen molar-refractivity contribution >= 4 is 5.97 Å². The molecule has 0 unspecified atom stereocenters. The van der Waals surface area contributed by atoms with Gasteiger partial charge in [-0.1, -0.05) is 31.9 Å². The third kappa shape index (κ3) is 5.88. The summed E-state index contributed by atoms with van der Waals surface area (Å²) in [6, 6.07) is 4.33. The monoisotopic (exact) mass is 606 g/mol. The summed E-state index contributed by atoms with van der Waals surface area (Å²) < 4.78 is 217. The number of ether oxygens (including phenoxy) is 1. The lowest BCUT2D eigenvalue weighted by Crippen LogP contribution is -2.74. The first kappa shape index (κ1) is 34.6. The van der Waals surface area contributed by atoms with Crippen molar-refractivity contribution in [3.63, 3.8) is 0 Å². The van der Waals surface area contributed by atoms with E-state index in [1.54, 1.807) is 0 Å². The van der Waals surface area contributed by atoms with Crippen molar-refractivity contribution in [2.45, 2.75) is 80.5 Å². The zero-order chi connectivity index (χ0) is 30.9. The quantitative estimate of drug-likeness (QED) is 0.121. The van der Waals surface area contributed by atoms with Crippen LogP contribution in [0.2, 0.25) is 0 Å². The summed E-state index contributed by atoms with van der Waals surface area (Å²) in [6.07, 6.45) is -3.06. The Morgan fingerprint density at radius 1 is 0.692 bits per heavy atom. The SMILES string of the molecule is CCCCCc1ccc(C(=O)OCC(F)(F)C(F)(F)C(F)(F)C(F)(F)C(F)(F)C(F)(F)C(F)(F)C(F)F)cc1. The van der Waals surface area contributed by atoms with E-state index in [2.05, 4.69) is 4.74 Å². The van der Waals surface area contributed by atoms with Gasteiger partial charge in [0.2, 0.25) is 0 Å². The number of carbonyl (C=O) groups excluding carboxylic acids is 1. The standard InChI is InChI=1S/C21H18F16O2/c1-2-3-4-5-11-6-8-12(9-7-11)13(38)39-10-15(24,25)17(28,29)19(32,33)21(36,37)20(34,35)18(30,31)16(26,27)14(22)23/h6-9,14H,2-5,10H2,1H3. The van der Waals surface area contributed by atoms with Gasteiger partial charge >= 0.3 is 53.9 Å². The Kier molecular flexibility index (Phi) is 9.95. The molecule has 0 fully saturated rings. The lowest BCUT2D eigenvalue weighted by Gasteiger charge is -2.42. The van der Waals surface area contributed by atoms with Crippen molar-refractivity contribution in [3.8, 4) is 0 Å². The molecule has 0 N–H and O–H groups in total. The molecule has 1 aromatic rings. The Morgan fingerprint density at radius 2 is 1.13 bits per heavy atom. The Morgan fingerprint density at radius 3 is 1.56 bits per heavy atom. The van der Waals surface area contributed by atoms with Crippen molar-refractivity contribution in [2.24, 2.45) is 0 Å². The summed E-state index contributed by atoms with van der Waals surface area (Å²) in [5.41, 5.74) is -0.0419. The molecule has 0 aliphatic rings. The van der Waals surface area contributed by atoms with Crippen molar-refractivity contribution in [2.75, 3.05) is 6.61 Å². The fourth-order valence-corrected chi connectivity index (χ4v) is 2.88. The van der Waals surface area contributed by atoms with Crippen molar-refractivity contribution in [1.29, 1.82) is 0 Å². The molecule has 0 bridgehead atoms. The van der Waals surface area contributed by atoms with E-state index in [1.165, 1.54) is 12.1 Å². The van der Waals surface area contributed by atoms with Gasteiger partial charge in [-0.15, -0.1) is 0 Å². The van der Waals surface area contributed by atoms with Gasteiger partial charge in [-0.25, -0.2) is 13.6 Å². The number of unbranched alkanes of at least 4 members (excludes halogenated alkanes) is 2. The summed E-state index contributed by atoms with van der Waals surface area (Å²) in [6.45, 7) is -1.32. The minimum absolute atomic E-state index is 0.490. The molecule has 0 saturated carbocycles. The van der Waals surface area contributed by atoms with Crippen LogP contribution in [0.4, 0.5) is 70.2 Å². The molecular weight excluding hydrogens is 588 g/mol. The van der Waals surface area contributed by atoms with Crippen LogP contribution in [0.1, 0.15) is 42.1 Å². The molecular formula is C21H18F16O2. The topological polar surface area (TPSA) is 26.3 Å². The van der Waals surface area contributed by atoms with Crippen molar-refractivity contribution < 1.29 is 79.8 Å². The molecule has 18 heteroatoms. The van der Waals surface area contributed by atoms with Crippen molar-refractivity contribution in [1.82, 2.24) is 0 Å². The third-order valence-corrected chi connectivity index (χ3v) is 5.37. The molecule has 0 amide bonds. The maximum atomic E-state index is 13.8. The zero-order valence-electron chi connectivity index (χ0n) is 19.3. The lowest BCUT2D eigenvalue weighted by molar-refractivity contribution is -0.447. The van der Waals surface area contributed by atoms with Gasteiger partial charge in [0.05, 0.1) is 5.56 Å². The van der Waals surface area contributed by atoms with Gasteiger partial charge in [0.1, 0.15) is 0 Å². The Bertz CT molecular complexity index is 973. The molecule has 0 aliphatic heterocycles. The van der Waals surface area contributed by atoms with Gasteiger partial charge in [0.15, 0.2) is 6.61 Å². The molecule has 0 heterocycles. The number of carbonyl (C=O) groups is 1. The molecule has 0 spiro atoms. The van der Waals surface area contributed by atoms with Crippen LogP contribution in [0.25, 0.3) is 0 Å². The van der Waals surface area contributed by atoms with Gasteiger partial charge in [-0.3, -0.25) is 0 Å². The number of benzene rings is 1. The molecule has 0 saturated heterocycles. The number of aryl methyl sites for hydroxylation is 1. The van der Waals surface area contributed by atoms with Crippen LogP contribution in [0.15, 0.2) is 24.3 Å². The minimum Gasteiger partial charge on any atom is -0.455 e. The maximum absolute atomic E-state index is 13.8. The first-order chi connectivity index (χ1) is 17.4. The smallest absolute Gasteiger partial charge is 0.385 e. The van der Waals surface area contributed by atoms with Crippen LogP contribution in [0, 0.1) is 0 Å². The molecule has 2 nitrogen and oxygen atoms in total. The highest BCUT2D eigenvalue weighted by Gasteiger charge is 2.93. The summed E-state index contributed by atoms with van der Waals surface area (Å²) in [5, 5.41) is 0. The van der Waals surface area contributed by atoms with Crippen LogP contribution in [0.3, 0.4) is 0 Å². The van der Waals surface area contributed by atoms with Crippen LogP contribution in [0.5, 0.6) is 0 Å². The number of rotatable bonds is 14. The number of hydrogen-bond acceptors (Lipinski definition) is 2. The van der Waals surface area contributed by atoms with E-state index in [9.17, 15) is 75.0 Å². The number of esters is 1. The summed E-state index contributed by atoms with van der Waals surface area (Å²) in [7, 11) is 0. The number of halogens is 16. The van der Waals surface area contributed by atoms with Gasteiger partial charge in [0.25, 0.3) is 0 Å². The van der Waals surface area contributed by atoms with Gasteiger partial charge in [0, 0.05) is 0 Å². The van der Waals surface area contributed by atoms with Crippen LogP contribution in [-0.4, -0.2) is 60.5 Å². The zero-order valence-corrected chi connectivity index (χ0v) is 19.3. The molecule has 226 valence electrons. The highest BCUT2D eigenvalue weighted by Crippen LogP contribution is 2.62. The fourth-order valence-electron chi connectivity index (χ4n) is 2.88. The molecule has 0 atom stereocenters. The predicted molar refractivity (Wildman–Crippen MR) is 101 cm³/mol. The van der Waals surface area contributed by atoms with Gasteiger partial charge in [-0.2, -0.15) is 61.5 Å². The molecule has 1 aromatic carbocycles. The molecule has 1 rings (SSSR count). The second-order valence-corrected chi connectivity index (χ2v) is 8.23. The van der Waals surface area contributed by atoms with Crippen LogP contribution >= 0.6 is 0 Å². The van der Waals surface area contributed by atoms with Gasteiger partial charge < -0.3 is 4.74 Å². The fraction of sp³-hybridized carbons (Fsp3) is 0.667. The van der Waals surface area contributed by atoms with E-state index in [-0.39, 0.29) is 0 Å². The molecule has 0 aromatic heterocycles. The van der Waals surface area contributed by atoms with E-state index in [1.807, 2.05) is 6.92 Å². The van der Waals surface area contributed by atoms with E-state index < -0.39 is 66.0 Å². The van der Waals surface area contributed by atoms with E-state index in [4.69, 9.17) is 0 Å². The normalized spacial score (nSPS) is 14.6. The highest BCUT2D eigenvalue weighted by molar-refractivity contribution is 5.89. The Labute approximate surface area is 209 Å². The number of hydrogen-bond donors (Lipinski definition) is 0. The first-order valence-corrected chi connectivity index (χ1v) is 10.6. The third-order valence-electron chi connectivity index (χ3n) is 5.37. The lowest BCUT2D eigenvalue weighted by atomic mass is 9.89. The van der Waals surface area contributed by atoms with Crippen LogP contribution in [-0.2, 0) is 11.2 Å². The largest absolute Gasteiger partial charge is 0.455 e. The second kappa shape index (κ2) is 11.2. The summed E-state index contributed by atoms with van der Waals surface area (Å²) in [5.74, 6) is -57.3. The minimum atomic E-state index is -8.49. The first-order valence-electron chi connectivity index (χ1n) is 10.6. The Hall–Kier alpha value is -2.43. The average molecular weight is 606 g/mol. The summed E-state index contributed by atoms with van der Waals surface area (Å²) >= 11 is 0. The average Bonchev–Trinajstić information content (AvgIpc) is 2.82. The Balaban J connectivity index is 3.22. The summed E-state index contributed by atoms with van der Waals surface area (Å²) in [4.78, 5) is 11.8. The second-order valence-electron chi connectivity index (χ2n) is 8.23.